The maximum Gasteiger partial charge on any atom is 0.264 e. The van der Waals surface area contributed by atoms with E-state index in [1.54, 1.807) is 26.0 Å². The monoisotopic (exact) mass is 315 g/mol. The van der Waals surface area contributed by atoms with Gasteiger partial charge in [-0.05, 0) is 50.4 Å². The first-order valence-corrected chi connectivity index (χ1v) is 8.87. The summed E-state index contributed by atoms with van der Waals surface area (Å²) >= 11 is 0. The van der Waals surface area contributed by atoms with E-state index in [1.807, 2.05) is 0 Å². The zero-order valence-electron chi connectivity index (χ0n) is 12.6. The van der Waals surface area contributed by atoms with E-state index in [9.17, 15) is 12.8 Å². The first kappa shape index (κ1) is 16.4. The Morgan fingerprint density at radius 1 is 1.29 bits per heavy atom. The second-order valence-electron chi connectivity index (χ2n) is 6.15. The molecule has 2 atom stereocenters. The smallest absolute Gasteiger partial charge is 0.264 e. The number of nitrogens with one attached hydrogen (secondary N) is 1. The van der Waals surface area contributed by atoms with Crippen LogP contribution in [0.25, 0.3) is 0 Å². The van der Waals surface area contributed by atoms with Crippen molar-refractivity contribution in [3.63, 3.8) is 0 Å². The largest absolute Gasteiger partial charge is 0.316 e. The summed E-state index contributed by atoms with van der Waals surface area (Å²) < 4.78 is 41.4. The summed E-state index contributed by atoms with van der Waals surface area (Å²) in [7, 11) is -3.53. The lowest BCUT2D eigenvalue weighted by Crippen LogP contribution is -2.48. The van der Waals surface area contributed by atoms with Crippen molar-refractivity contribution in [3.05, 3.63) is 35.6 Å². The van der Waals surface area contributed by atoms with Gasteiger partial charge in [-0.3, -0.25) is 4.18 Å². The molecule has 0 spiro atoms. The topological polar surface area (TPSA) is 55.4 Å². The van der Waals surface area contributed by atoms with E-state index in [-0.39, 0.29) is 17.7 Å². The van der Waals surface area contributed by atoms with Crippen LogP contribution in [-0.4, -0.2) is 33.4 Å². The molecule has 2 rings (SSSR count). The predicted octanol–water partition coefficient (Wildman–Crippen LogP) is 2.27. The molecule has 0 radical (unpaired) electrons. The van der Waals surface area contributed by atoms with Crippen molar-refractivity contribution >= 4 is 10.1 Å². The maximum atomic E-state index is 13.1. The molecule has 6 heteroatoms. The summed E-state index contributed by atoms with van der Waals surface area (Å²) in [6, 6.07) is 6.43. The minimum absolute atomic E-state index is 0.00793. The average molecular weight is 315 g/mol. The fraction of sp³-hybridized carbons (Fsp3) is 0.600. The lowest BCUT2D eigenvalue weighted by atomic mass is 9.73. The molecule has 1 aromatic rings. The van der Waals surface area contributed by atoms with Crippen molar-refractivity contribution in [3.8, 4) is 0 Å². The normalized spacial score (nSPS) is 24.0. The fourth-order valence-electron chi connectivity index (χ4n) is 3.15. The van der Waals surface area contributed by atoms with Crippen LogP contribution in [0.4, 0.5) is 4.39 Å². The Hall–Kier alpha value is -0.980. The molecule has 0 bridgehead atoms. The summed E-state index contributed by atoms with van der Waals surface area (Å²) in [5.74, 6) is -0.133. The standard InChI is InChI=1S/C15H22FNO3S/c1-15(2,20-21(3,18)19)14-10-17-9-8-13(14)11-4-6-12(16)7-5-11/h4-7,13-14,17H,8-10H2,1-3H3/t13-,14+/m0/s1. The van der Waals surface area contributed by atoms with E-state index >= 15 is 0 Å². The Bertz CT molecular complexity index is 583. The maximum absolute atomic E-state index is 13.1. The van der Waals surface area contributed by atoms with E-state index in [1.165, 1.54) is 12.1 Å². The summed E-state index contributed by atoms with van der Waals surface area (Å²) in [5.41, 5.74) is 0.202. The van der Waals surface area contributed by atoms with Crippen LogP contribution in [-0.2, 0) is 14.3 Å². The molecule has 0 aromatic heterocycles. The van der Waals surface area contributed by atoms with E-state index in [0.29, 0.717) is 6.54 Å². The first-order chi connectivity index (χ1) is 9.69. The molecule has 118 valence electrons. The van der Waals surface area contributed by atoms with Crippen LogP contribution in [0.3, 0.4) is 0 Å². The van der Waals surface area contributed by atoms with E-state index < -0.39 is 15.7 Å². The van der Waals surface area contributed by atoms with Crippen LogP contribution < -0.4 is 5.32 Å². The van der Waals surface area contributed by atoms with Gasteiger partial charge in [0, 0.05) is 12.5 Å². The molecular weight excluding hydrogens is 293 g/mol. The summed E-state index contributed by atoms with van der Waals surface area (Å²) in [4.78, 5) is 0. The molecule has 0 unspecified atom stereocenters. The number of hydrogen-bond donors (Lipinski definition) is 1. The second-order valence-corrected chi connectivity index (χ2v) is 7.72. The molecule has 1 saturated heterocycles. The molecule has 0 aliphatic carbocycles. The first-order valence-electron chi connectivity index (χ1n) is 7.06. The van der Waals surface area contributed by atoms with Gasteiger partial charge < -0.3 is 5.32 Å². The Morgan fingerprint density at radius 3 is 2.48 bits per heavy atom. The van der Waals surface area contributed by atoms with Crippen molar-refractivity contribution in [1.29, 1.82) is 0 Å². The van der Waals surface area contributed by atoms with Gasteiger partial charge >= 0.3 is 0 Å². The molecule has 1 heterocycles. The van der Waals surface area contributed by atoms with Gasteiger partial charge in [-0.25, -0.2) is 4.39 Å². The molecule has 0 saturated carbocycles. The van der Waals surface area contributed by atoms with Gasteiger partial charge in [0.05, 0.1) is 11.9 Å². The summed E-state index contributed by atoms with van der Waals surface area (Å²) in [5, 5.41) is 3.29. The minimum Gasteiger partial charge on any atom is -0.316 e. The number of benzene rings is 1. The highest BCUT2D eigenvalue weighted by molar-refractivity contribution is 7.86. The Balaban J connectivity index is 2.28. The van der Waals surface area contributed by atoms with E-state index in [4.69, 9.17) is 4.18 Å². The van der Waals surface area contributed by atoms with Crippen LogP contribution in [0.1, 0.15) is 31.7 Å². The predicted molar refractivity (Wildman–Crippen MR) is 80.1 cm³/mol. The fourth-order valence-corrected chi connectivity index (χ4v) is 4.05. The van der Waals surface area contributed by atoms with E-state index in [2.05, 4.69) is 5.32 Å². The highest BCUT2D eigenvalue weighted by Crippen LogP contribution is 2.39. The lowest BCUT2D eigenvalue weighted by Gasteiger charge is -2.41. The number of hydrogen-bond acceptors (Lipinski definition) is 4. The molecule has 1 aliphatic rings. The zero-order valence-corrected chi connectivity index (χ0v) is 13.4. The Morgan fingerprint density at radius 2 is 1.90 bits per heavy atom. The highest BCUT2D eigenvalue weighted by Gasteiger charge is 2.41. The molecule has 0 amide bonds. The van der Waals surface area contributed by atoms with Crippen LogP contribution >= 0.6 is 0 Å². The Kier molecular flexibility index (Phi) is 4.70. The molecule has 1 fully saturated rings. The number of halogens is 1. The van der Waals surface area contributed by atoms with Gasteiger partial charge in [-0.1, -0.05) is 12.1 Å². The van der Waals surface area contributed by atoms with Gasteiger partial charge in [0.15, 0.2) is 0 Å². The minimum atomic E-state index is -3.53. The van der Waals surface area contributed by atoms with E-state index in [0.717, 1.165) is 24.8 Å². The molecule has 1 aliphatic heterocycles. The molecular formula is C15H22FNO3S. The van der Waals surface area contributed by atoms with Gasteiger partial charge in [-0.15, -0.1) is 0 Å². The lowest BCUT2D eigenvalue weighted by molar-refractivity contribution is 0.0274. The van der Waals surface area contributed by atoms with Crippen LogP contribution in [0, 0.1) is 11.7 Å². The van der Waals surface area contributed by atoms with Crippen molar-refractivity contribution in [1.82, 2.24) is 5.32 Å². The second kappa shape index (κ2) is 6.02. The summed E-state index contributed by atoms with van der Waals surface area (Å²) in [6.07, 6.45) is 1.94. The zero-order chi connectivity index (χ0) is 15.7. The third-order valence-electron chi connectivity index (χ3n) is 4.04. The van der Waals surface area contributed by atoms with Crippen LogP contribution in [0.5, 0.6) is 0 Å². The van der Waals surface area contributed by atoms with Crippen LogP contribution in [0.15, 0.2) is 24.3 Å². The quantitative estimate of drug-likeness (QED) is 0.866. The highest BCUT2D eigenvalue weighted by atomic mass is 32.2. The average Bonchev–Trinajstić information content (AvgIpc) is 2.37. The van der Waals surface area contributed by atoms with Gasteiger partial charge in [0.1, 0.15) is 5.82 Å². The van der Waals surface area contributed by atoms with Crippen molar-refractivity contribution < 1.29 is 17.0 Å². The van der Waals surface area contributed by atoms with Crippen molar-refractivity contribution in [2.75, 3.05) is 19.3 Å². The molecule has 21 heavy (non-hydrogen) atoms. The van der Waals surface area contributed by atoms with Gasteiger partial charge in [0.25, 0.3) is 10.1 Å². The SMILES string of the molecule is CC(C)(OS(C)(=O)=O)[C@@H]1CNCC[C@H]1c1ccc(F)cc1. The van der Waals surface area contributed by atoms with Crippen molar-refractivity contribution in [2.45, 2.75) is 31.8 Å². The third kappa shape index (κ3) is 4.25. The third-order valence-corrected chi connectivity index (χ3v) is 4.77. The molecule has 4 nitrogen and oxygen atoms in total. The number of rotatable bonds is 4. The van der Waals surface area contributed by atoms with Crippen molar-refractivity contribution in [2.24, 2.45) is 5.92 Å². The van der Waals surface area contributed by atoms with Gasteiger partial charge in [0.2, 0.25) is 0 Å². The van der Waals surface area contributed by atoms with Crippen LogP contribution in [0.2, 0.25) is 0 Å². The molecule has 1 N–H and O–H groups in total. The number of piperidine rings is 1. The Labute approximate surface area is 125 Å². The molecule has 1 aromatic carbocycles. The van der Waals surface area contributed by atoms with Gasteiger partial charge in [-0.2, -0.15) is 8.42 Å². The summed E-state index contributed by atoms with van der Waals surface area (Å²) in [6.45, 7) is 5.11.